The molecule has 0 spiro atoms. The van der Waals surface area contributed by atoms with Gasteiger partial charge >= 0.3 is 5.97 Å². The van der Waals surface area contributed by atoms with Crippen LogP contribution in [-0.4, -0.2) is 27.9 Å². The van der Waals surface area contributed by atoms with Gasteiger partial charge in [0.2, 0.25) is 0 Å². The molecule has 1 aliphatic carbocycles. The van der Waals surface area contributed by atoms with Gasteiger partial charge in [0, 0.05) is 5.69 Å². The molecule has 2 atom stereocenters. The Labute approximate surface area is 107 Å². The second-order valence-electron chi connectivity index (χ2n) is 5.14. The van der Waals surface area contributed by atoms with Crippen molar-refractivity contribution in [3.05, 3.63) is 17.5 Å². The van der Waals surface area contributed by atoms with Crippen LogP contribution in [0.15, 0.2) is 6.07 Å². The number of ether oxygens (including phenoxy) is 1. The molecule has 0 aliphatic heterocycles. The molecule has 1 aromatic heterocycles. The van der Waals surface area contributed by atoms with Crippen molar-refractivity contribution in [3.63, 3.8) is 0 Å². The molecule has 5 nitrogen and oxygen atoms in total. The molecular formula is C13H21N3O2. The summed E-state index contributed by atoms with van der Waals surface area (Å²) in [5, 5.41) is 4.47. The Morgan fingerprint density at radius 3 is 2.94 bits per heavy atom. The van der Waals surface area contributed by atoms with Crippen LogP contribution in [0.2, 0.25) is 0 Å². The summed E-state index contributed by atoms with van der Waals surface area (Å²) in [7, 11) is 0. The van der Waals surface area contributed by atoms with E-state index in [9.17, 15) is 4.79 Å². The van der Waals surface area contributed by atoms with Gasteiger partial charge in [-0.2, -0.15) is 5.10 Å². The van der Waals surface area contributed by atoms with Gasteiger partial charge in [0.25, 0.3) is 0 Å². The Bertz CT molecular complexity index is 455. The number of carbonyl (C=O) groups is 1. The smallest absolute Gasteiger partial charge is 0.326 e. The summed E-state index contributed by atoms with van der Waals surface area (Å²) in [5.74, 6) is -0.283. The lowest BCUT2D eigenvalue weighted by molar-refractivity contribution is -0.149. The number of esters is 1. The summed E-state index contributed by atoms with van der Waals surface area (Å²) in [6.07, 6.45) is 2.14. The Kier molecular flexibility index (Phi) is 3.43. The van der Waals surface area contributed by atoms with Crippen LogP contribution >= 0.6 is 0 Å². The van der Waals surface area contributed by atoms with Crippen LogP contribution in [0.3, 0.4) is 0 Å². The van der Waals surface area contributed by atoms with E-state index in [-0.39, 0.29) is 12.0 Å². The van der Waals surface area contributed by atoms with E-state index < -0.39 is 5.54 Å². The van der Waals surface area contributed by atoms with E-state index in [1.807, 2.05) is 24.6 Å². The first-order valence-electron chi connectivity index (χ1n) is 6.45. The average molecular weight is 251 g/mol. The SMILES string of the molecule is CCOC(=O)C1(N)CCC(n2nc(C)cc2C)C1. The summed E-state index contributed by atoms with van der Waals surface area (Å²) in [6.45, 7) is 6.18. The maximum atomic E-state index is 11.9. The van der Waals surface area contributed by atoms with Gasteiger partial charge in [-0.3, -0.25) is 9.48 Å². The number of nitrogens with zero attached hydrogens (tertiary/aromatic N) is 2. The van der Waals surface area contributed by atoms with E-state index in [1.54, 1.807) is 6.92 Å². The monoisotopic (exact) mass is 251 g/mol. The molecule has 0 radical (unpaired) electrons. The number of carbonyl (C=O) groups excluding carboxylic acids is 1. The minimum Gasteiger partial charge on any atom is -0.465 e. The van der Waals surface area contributed by atoms with Crippen molar-refractivity contribution in [1.29, 1.82) is 0 Å². The van der Waals surface area contributed by atoms with E-state index >= 15 is 0 Å². The fraction of sp³-hybridized carbons (Fsp3) is 0.692. The molecule has 0 amide bonds. The quantitative estimate of drug-likeness (QED) is 0.826. The zero-order valence-electron chi connectivity index (χ0n) is 11.3. The van der Waals surface area contributed by atoms with Gasteiger partial charge in [0.15, 0.2) is 0 Å². The van der Waals surface area contributed by atoms with Crippen LogP contribution in [-0.2, 0) is 9.53 Å². The number of hydrogen-bond donors (Lipinski definition) is 1. The highest BCUT2D eigenvalue weighted by Crippen LogP contribution is 2.37. The van der Waals surface area contributed by atoms with Crippen molar-refractivity contribution in [2.45, 2.75) is 51.6 Å². The third-order valence-corrected chi connectivity index (χ3v) is 3.60. The molecule has 2 N–H and O–H groups in total. The third kappa shape index (κ3) is 2.27. The summed E-state index contributed by atoms with van der Waals surface area (Å²) in [6, 6.07) is 2.24. The second-order valence-corrected chi connectivity index (χ2v) is 5.14. The topological polar surface area (TPSA) is 70.1 Å². The molecule has 0 bridgehead atoms. The van der Waals surface area contributed by atoms with Crippen molar-refractivity contribution in [2.24, 2.45) is 5.73 Å². The van der Waals surface area contributed by atoms with E-state index in [1.165, 1.54) is 0 Å². The lowest BCUT2D eigenvalue weighted by Gasteiger charge is -2.21. The van der Waals surface area contributed by atoms with Crippen LogP contribution < -0.4 is 5.73 Å². The molecular weight excluding hydrogens is 230 g/mol. The van der Waals surface area contributed by atoms with E-state index in [2.05, 4.69) is 5.10 Å². The molecule has 100 valence electrons. The zero-order chi connectivity index (χ0) is 13.3. The Balaban J connectivity index is 2.13. The molecule has 1 aliphatic rings. The fourth-order valence-corrected chi connectivity index (χ4v) is 2.73. The highest BCUT2D eigenvalue weighted by atomic mass is 16.5. The summed E-state index contributed by atoms with van der Waals surface area (Å²) in [4.78, 5) is 11.9. The van der Waals surface area contributed by atoms with E-state index in [4.69, 9.17) is 10.5 Å². The largest absolute Gasteiger partial charge is 0.465 e. The fourth-order valence-electron chi connectivity index (χ4n) is 2.73. The first kappa shape index (κ1) is 13.1. The lowest BCUT2D eigenvalue weighted by Crippen LogP contribution is -2.46. The Morgan fingerprint density at radius 2 is 2.39 bits per heavy atom. The zero-order valence-corrected chi connectivity index (χ0v) is 11.3. The molecule has 5 heteroatoms. The molecule has 1 heterocycles. The summed E-state index contributed by atoms with van der Waals surface area (Å²) in [5.41, 5.74) is 7.43. The van der Waals surface area contributed by atoms with Gasteiger partial charge in [-0.15, -0.1) is 0 Å². The molecule has 1 aromatic rings. The number of aryl methyl sites for hydroxylation is 2. The van der Waals surface area contributed by atoms with Crippen LogP contribution in [0.5, 0.6) is 0 Å². The molecule has 0 saturated heterocycles. The highest BCUT2D eigenvalue weighted by Gasteiger charge is 2.44. The van der Waals surface area contributed by atoms with Crippen LogP contribution in [0.1, 0.15) is 43.6 Å². The van der Waals surface area contributed by atoms with Crippen LogP contribution in [0, 0.1) is 13.8 Å². The molecule has 2 rings (SSSR count). The molecule has 2 unspecified atom stereocenters. The van der Waals surface area contributed by atoms with Crippen molar-refractivity contribution in [1.82, 2.24) is 9.78 Å². The van der Waals surface area contributed by atoms with E-state index in [0.29, 0.717) is 19.4 Å². The summed E-state index contributed by atoms with van der Waals surface area (Å²) < 4.78 is 7.04. The minimum atomic E-state index is -0.840. The van der Waals surface area contributed by atoms with Crippen molar-refractivity contribution in [2.75, 3.05) is 6.61 Å². The van der Waals surface area contributed by atoms with Crippen molar-refractivity contribution in [3.8, 4) is 0 Å². The lowest BCUT2D eigenvalue weighted by atomic mass is 9.99. The van der Waals surface area contributed by atoms with Gasteiger partial charge in [0.05, 0.1) is 18.3 Å². The number of nitrogens with two attached hydrogens (primary N) is 1. The van der Waals surface area contributed by atoms with Crippen LogP contribution in [0.25, 0.3) is 0 Å². The minimum absolute atomic E-state index is 0.202. The maximum Gasteiger partial charge on any atom is 0.326 e. The summed E-state index contributed by atoms with van der Waals surface area (Å²) >= 11 is 0. The number of hydrogen-bond acceptors (Lipinski definition) is 4. The predicted octanol–water partition coefficient (Wildman–Crippen LogP) is 1.49. The number of rotatable bonds is 3. The Morgan fingerprint density at radius 1 is 1.67 bits per heavy atom. The molecule has 0 aromatic carbocycles. The Hall–Kier alpha value is -1.36. The van der Waals surface area contributed by atoms with Crippen molar-refractivity contribution < 1.29 is 9.53 Å². The van der Waals surface area contributed by atoms with Gasteiger partial charge in [-0.1, -0.05) is 0 Å². The van der Waals surface area contributed by atoms with Crippen molar-refractivity contribution >= 4 is 5.97 Å². The molecule has 1 saturated carbocycles. The van der Waals surface area contributed by atoms with Gasteiger partial charge in [-0.05, 0) is 46.1 Å². The predicted molar refractivity (Wildman–Crippen MR) is 68.1 cm³/mol. The van der Waals surface area contributed by atoms with Crippen LogP contribution in [0.4, 0.5) is 0 Å². The number of aromatic nitrogens is 2. The molecule has 18 heavy (non-hydrogen) atoms. The average Bonchev–Trinajstić information content (AvgIpc) is 2.84. The normalized spacial score (nSPS) is 27.4. The first-order valence-corrected chi connectivity index (χ1v) is 6.45. The van der Waals surface area contributed by atoms with Gasteiger partial charge in [-0.25, -0.2) is 0 Å². The third-order valence-electron chi connectivity index (χ3n) is 3.60. The first-order chi connectivity index (χ1) is 8.46. The second kappa shape index (κ2) is 4.72. The molecule has 1 fully saturated rings. The van der Waals surface area contributed by atoms with Gasteiger partial charge in [0.1, 0.15) is 5.54 Å². The van der Waals surface area contributed by atoms with Gasteiger partial charge < -0.3 is 10.5 Å². The highest BCUT2D eigenvalue weighted by molar-refractivity contribution is 5.81. The van der Waals surface area contributed by atoms with E-state index in [0.717, 1.165) is 17.8 Å². The standard InChI is InChI=1S/C13H21N3O2/c1-4-18-12(17)13(14)6-5-11(8-13)16-10(3)7-9(2)15-16/h7,11H,4-6,8,14H2,1-3H3. The maximum absolute atomic E-state index is 11.9.